The molecular weight excluding hydrogens is 232 g/mol. The maximum Gasteiger partial charge on any atom is 0.338 e. The fourth-order valence-corrected chi connectivity index (χ4v) is 1.91. The molecule has 1 aromatic heterocycles. The molecule has 0 unspecified atom stereocenters. The maximum atomic E-state index is 11.3. The van der Waals surface area contributed by atoms with Crippen LogP contribution in [0, 0.1) is 13.8 Å². The van der Waals surface area contributed by atoms with Gasteiger partial charge in [-0.15, -0.1) is 0 Å². The van der Waals surface area contributed by atoms with E-state index < -0.39 is 5.97 Å². The van der Waals surface area contributed by atoms with Gasteiger partial charge < -0.3 is 5.11 Å². The summed E-state index contributed by atoms with van der Waals surface area (Å²) in [6, 6.07) is 6.78. The van der Waals surface area contributed by atoms with Crippen molar-refractivity contribution >= 4 is 12.3 Å². The number of carbonyl (C=O) groups excluding carboxylic acids is 1. The van der Waals surface area contributed by atoms with Gasteiger partial charge in [0.1, 0.15) is 5.69 Å². The standard InChI is InChI=1S/C13H12N2O3/c1-8-4-3-5-11(12(8)13(17)18)15-9(2)6-10(7-16)14-15/h3-7H,1-2H3,(H,17,18). The molecule has 1 aromatic carbocycles. The zero-order valence-corrected chi connectivity index (χ0v) is 10.0. The van der Waals surface area contributed by atoms with Gasteiger partial charge in [0.25, 0.3) is 0 Å². The van der Waals surface area contributed by atoms with E-state index in [1.807, 2.05) is 0 Å². The van der Waals surface area contributed by atoms with Crippen LogP contribution in [0.2, 0.25) is 0 Å². The first-order chi connectivity index (χ1) is 8.54. The minimum Gasteiger partial charge on any atom is -0.478 e. The van der Waals surface area contributed by atoms with Gasteiger partial charge in [-0.2, -0.15) is 5.10 Å². The van der Waals surface area contributed by atoms with Crippen LogP contribution in [0.25, 0.3) is 5.69 Å². The third-order valence-electron chi connectivity index (χ3n) is 2.72. The topological polar surface area (TPSA) is 72.2 Å². The van der Waals surface area contributed by atoms with Gasteiger partial charge in [0.05, 0.1) is 11.3 Å². The molecule has 1 heterocycles. The molecule has 0 spiro atoms. The Bertz CT molecular complexity index is 629. The third-order valence-corrected chi connectivity index (χ3v) is 2.72. The molecule has 0 fully saturated rings. The number of hydrogen-bond acceptors (Lipinski definition) is 3. The molecule has 0 bridgehead atoms. The molecule has 0 aliphatic heterocycles. The largest absolute Gasteiger partial charge is 0.478 e. The van der Waals surface area contributed by atoms with E-state index in [2.05, 4.69) is 5.10 Å². The van der Waals surface area contributed by atoms with Crippen molar-refractivity contribution in [2.45, 2.75) is 13.8 Å². The van der Waals surface area contributed by atoms with E-state index >= 15 is 0 Å². The van der Waals surface area contributed by atoms with Crippen molar-refractivity contribution in [2.75, 3.05) is 0 Å². The molecule has 2 aromatic rings. The number of carbonyl (C=O) groups is 2. The fourth-order valence-electron chi connectivity index (χ4n) is 1.91. The van der Waals surface area contributed by atoms with Gasteiger partial charge >= 0.3 is 5.97 Å². The molecule has 5 heteroatoms. The zero-order chi connectivity index (χ0) is 13.3. The normalized spacial score (nSPS) is 10.3. The van der Waals surface area contributed by atoms with Crippen LogP contribution in [0.3, 0.4) is 0 Å². The number of rotatable bonds is 3. The Morgan fingerprint density at radius 2 is 2.11 bits per heavy atom. The summed E-state index contributed by atoms with van der Waals surface area (Å²) >= 11 is 0. The highest BCUT2D eigenvalue weighted by molar-refractivity contribution is 5.93. The van der Waals surface area contributed by atoms with Gasteiger partial charge in [-0.05, 0) is 31.5 Å². The summed E-state index contributed by atoms with van der Waals surface area (Å²) in [7, 11) is 0. The summed E-state index contributed by atoms with van der Waals surface area (Å²) in [5.41, 5.74) is 2.31. The van der Waals surface area contributed by atoms with E-state index in [1.54, 1.807) is 38.1 Å². The summed E-state index contributed by atoms with van der Waals surface area (Å²) in [6.07, 6.45) is 0.639. The molecule has 0 radical (unpaired) electrons. The van der Waals surface area contributed by atoms with Crippen molar-refractivity contribution in [3.63, 3.8) is 0 Å². The Balaban J connectivity index is 2.70. The molecule has 0 saturated heterocycles. The van der Waals surface area contributed by atoms with Crippen LogP contribution in [0.15, 0.2) is 24.3 Å². The predicted molar refractivity (Wildman–Crippen MR) is 65.4 cm³/mol. The van der Waals surface area contributed by atoms with Gasteiger partial charge in [-0.3, -0.25) is 4.79 Å². The monoisotopic (exact) mass is 244 g/mol. The quantitative estimate of drug-likeness (QED) is 0.838. The molecule has 0 saturated carbocycles. The number of nitrogens with zero attached hydrogens (tertiary/aromatic N) is 2. The summed E-state index contributed by atoms with van der Waals surface area (Å²) in [5, 5.41) is 13.3. The second-order valence-corrected chi connectivity index (χ2v) is 4.01. The van der Waals surface area contributed by atoms with E-state index in [0.29, 0.717) is 23.2 Å². The summed E-state index contributed by atoms with van der Waals surface area (Å²) < 4.78 is 1.47. The molecular formula is C13H12N2O3. The van der Waals surface area contributed by atoms with Crippen molar-refractivity contribution in [1.29, 1.82) is 0 Å². The summed E-state index contributed by atoms with van der Waals surface area (Å²) in [5.74, 6) is -1.01. The first-order valence-corrected chi connectivity index (χ1v) is 5.39. The molecule has 1 N–H and O–H groups in total. The zero-order valence-electron chi connectivity index (χ0n) is 10.0. The van der Waals surface area contributed by atoms with Crippen LogP contribution in [-0.2, 0) is 0 Å². The first kappa shape index (κ1) is 12.0. The van der Waals surface area contributed by atoms with Crippen molar-refractivity contribution in [3.05, 3.63) is 46.8 Å². The lowest BCUT2D eigenvalue weighted by Gasteiger charge is -2.10. The molecule has 5 nitrogen and oxygen atoms in total. The van der Waals surface area contributed by atoms with Crippen molar-refractivity contribution < 1.29 is 14.7 Å². The lowest BCUT2D eigenvalue weighted by Crippen LogP contribution is -2.09. The second-order valence-electron chi connectivity index (χ2n) is 4.01. The number of aromatic carboxylic acids is 1. The van der Waals surface area contributed by atoms with E-state index in [9.17, 15) is 14.7 Å². The van der Waals surface area contributed by atoms with Crippen molar-refractivity contribution in [1.82, 2.24) is 9.78 Å². The highest BCUT2D eigenvalue weighted by atomic mass is 16.4. The van der Waals surface area contributed by atoms with Crippen molar-refractivity contribution in [3.8, 4) is 5.69 Å². The minimum atomic E-state index is -1.01. The molecule has 2 rings (SSSR count). The number of hydrogen-bond donors (Lipinski definition) is 1. The highest BCUT2D eigenvalue weighted by Crippen LogP contribution is 2.20. The molecule has 18 heavy (non-hydrogen) atoms. The van der Waals surface area contributed by atoms with Gasteiger partial charge in [-0.1, -0.05) is 12.1 Å². The van der Waals surface area contributed by atoms with Crippen molar-refractivity contribution in [2.24, 2.45) is 0 Å². The van der Waals surface area contributed by atoms with Crippen LogP contribution in [0.1, 0.15) is 32.1 Å². The molecule has 0 aliphatic carbocycles. The second kappa shape index (κ2) is 4.44. The highest BCUT2D eigenvalue weighted by Gasteiger charge is 2.16. The molecule has 0 aliphatic rings. The Morgan fingerprint density at radius 3 is 2.67 bits per heavy atom. The SMILES string of the molecule is Cc1cccc(-n2nc(C=O)cc2C)c1C(=O)O. The summed E-state index contributed by atoms with van der Waals surface area (Å²) in [4.78, 5) is 22.0. The van der Waals surface area contributed by atoms with E-state index in [0.717, 1.165) is 0 Å². The minimum absolute atomic E-state index is 0.196. The molecule has 0 atom stereocenters. The van der Waals surface area contributed by atoms with E-state index in [4.69, 9.17) is 0 Å². The number of benzene rings is 1. The summed E-state index contributed by atoms with van der Waals surface area (Å²) in [6.45, 7) is 3.50. The van der Waals surface area contributed by atoms with Crippen LogP contribution >= 0.6 is 0 Å². The molecule has 0 amide bonds. The number of carboxylic acids is 1. The number of aryl methyl sites for hydroxylation is 2. The average Bonchev–Trinajstić information content (AvgIpc) is 2.69. The Kier molecular flexibility index (Phi) is 2.97. The average molecular weight is 244 g/mol. The number of aldehydes is 1. The van der Waals surface area contributed by atoms with Gasteiger partial charge in [-0.25, -0.2) is 9.48 Å². The van der Waals surface area contributed by atoms with Gasteiger partial charge in [0.2, 0.25) is 0 Å². The first-order valence-electron chi connectivity index (χ1n) is 5.39. The van der Waals surface area contributed by atoms with Crippen LogP contribution in [0.5, 0.6) is 0 Å². The van der Waals surface area contributed by atoms with Crippen LogP contribution < -0.4 is 0 Å². The Morgan fingerprint density at radius 1 is 1.39 bits per heavy atom. The van der Waals surface area contributed by atoms with E-state index in [-0.39, 0.29) is 11.3 Å². The van der Waals surface area contributed by atoms with E-state index in [1.165, 1.54) is 4.68 Å². The van der Waals surface area contributed by atoms with Crippen LogP contribution in [-0.4, -0.2) is 27.1 Å². The van der Waals surface area contributed by atoms with Gasteiger partial charge in [0, 0.05) is 5.69 Å². The Hall–Kier alpha value is -2.43. The number of aromatic nitrogens is 2. The third kappa shape index (κ3) is 1.90. The number of carboxylic acid groups (broad SMARTS) is 1. The molecule has 92 valence electrons. The predicted octanol–water partition coefficient (Wildman–Crippen LogP) is 2.00. The van der Waals surface area contributed by atoms with Crippen LogP contribution in [0.4, 0.5) is 0 Å². The maximum absolute atomic E-state index is 11.3. The smallest absolute Gasteiger partial charge is 0.338 e. The van der Waals surface area contributed by atoms with Gasteiger partial charge in [0.15, 0.2) is 6.29 Å². The Labute approximate surface area is 104 Å². The fraction of sp³-hybridized carbons (Fsp3) is 0.154. The lowest BCUT2D eigenvalue weighted by molar-refractivity contribution is 0.0696. The lowest BCUT2D eigenvalue weighted by atomic mass is 10.1.